The van der Waals surface area contributed by atoms with Gasteiger partial charge in [0.2, 0.25) is 0 Å². The molecule has 0 bridgehead atoms. The fourth-order valence-corrected chi connectivity index (χ4v) is 2.06. The van der Waals surface area contributed by atoms with E-state index in [1.54, 1.807) is 0 Å². The van der Waals surface area contributed by atoms with Crippen LogP contribution in [0.15, 0.2) is 0 Å². The Balaban J connectivity index is 2.44. The Hall–Kier alpha value is -0.0800. The Bertz CT molecular complexity index is 125. The van der Waals surface area contributed by atoms with Crippen molar-refractivity contribution in [3.8, 4) is 0 Å². The quantitative estimate of drug-likeness (QED) is 0.632. The van der Waals surface area contributed by atoms with Crippen LogP contribution in [0.25, 0.3) is 0 Å². The van der Waals surface area contributed by atoms with E-state index in [1.807, 2.05) is 0 Å². The van der Waals surface area contributed by atoms with Gasteiger partial charge in [-0.05, 0) is 18.8 Å². The molecule has 1 fully saturated rings. The molecule has 0 saturated heterocycles. The zero-order valence-corrected chi connectivity index (χ0v) is 7.47. The van der Waals surface area contributed by atoms with Gasteiger partial charge in [-0.25, -0.2) is 0 Å². The van der Waals surface area contributed by atoms with Gasteiger partial charge >= 0.3 is 0 Å². The second kappa shape index (κ2) is 3.55. The predicted octanol–water partition coefficient (Wildman–Crippen LogP) is 1.24. The van der Waals surface area contributed by atoms with Gasteiger partial charge in [-0.1, -0.05) is 26.2 Å². The second-order valence-electron chi connectivity index (χ2n) is 3.94. The minimum atomic E-state index is -0.0288. The molecule has 2 heteroatoms. The molecule has 1 aliphatic carbocycles. The zero-order chi connectivity index (χ0) is 8.32. The van der Waals surface area contributed by atoms with Gasteiger partial charge in [0.15, 0.2) is 0 Å². The molecule has 0 aromatic heterocycles. The first-order valence-corrected chi connectivity index (χ1v) is 4.69. The van der Waals surface area contributed by atoms with E-state index in [0.717, 1.165) is 18.8 Å². The largest absolute Gasteiger partial charge is 0.329 e. The molecule has 0 spiro atoms. The van der Waals surface area contributed by atoms with Crippen molar-refractivity contribution in [1.29, 1.82) is 0 Å². The monoisotopic (exact) mass is 156 g/mol. The third kappa shape index (κ3) is 2.17. The van der Waals surface area contributed by atoms with E-state index in [1.165, 1.54) is 19.3 Å². The van der Waals surface area contributed by atoms with E-state index < -0.39 is 0 Å². The van der Waals surface area contributed by atoms with Crippen molar-refractivity contribution < 1.29 is 0 Å². The van der Waals surface area contributed by atoms with Crippen molar-refractivity contribution in [2.24, 2.45) is 17.4 Å². The van der Waals surface area contributed by atoms with Crippen molar-refractivity contribution in [2.75, 3.05) is 6.54 Å². The van der Waals surface area contributed by atoms with Crippen molar-refractivity contribution in [2.45, 2.75) is 44.6 Å². The van der Waals surface area contributed by atoms with Crippen LogP contribution in [0, 0.1) is 5.92 Å². The van der Waals surface area contributed by atoms with Crippen molar-refractivity contribution >= 4 is 0 Å². The van der Waals surface area contributed by atoms with Gasteiger partial charge in [-0.15, -0.1) is 0 Å². The average Bonchev–Trinajstić information content (AvgIpc) is 2.05. The van der Waals surface area contributed by atoms with Crippen LogP contribution in [-0.2, 0) is 0 Å². The molecule has 2 nitrogen and oxygen atoms in total. The van der Waals surface area contributed by atoms with E-state index in [4.69, 9.17) is 11.5 Å². The van der Waals surface area contributed by atoms with Gasteiger partial charge in [-0.3, -0.25) is 0 Å². The molecule has 0 aromatic rings. The summed E-state index contributed by atoms with van der Waals surface area (Å²) in [7, 11) is 0. The summed E-state index contributed by atoms with van der Waals surface area (Å²) in [6, 6.07) is 0. The summed E-state index contributed by atoms with van der Waals surface area (Å²) >= 11 is 0. The molecule has 0 aliphatic heterocycles. The molecule has 1 saturated carbocycles. The lowest BCUT2D eigenvalue weighted by Gasteiger charge is -2.36. The van der Waals surface area contributed by atoms with Crippen LogP contribution in [0.1, 0.15) is 39.0 Å². The van der Waals surface area contributed by atoms with Gasteiger partial charge in [0, 0.05) is 12.1 Å². The molecule has 11 heavy (non-hydrogen) atoms. The average molecular weight is 156 g/mol. The molecule has 4 N–H and O–H groups in total. The topological polar surface area (TPSA) is 52.0 Å². The smallest absolute Gasteiger partial charge is 0.0281 e. The highest BCUT2D eigenvalue weighted by atomic mass is 14.8. The summed E-state index contributed by atoms with van der Waals surface area (Å²) in [4.78, 5) is 0. The van der Waals surface area contributed by atoms with Crippen LogP contribution < -0.4 is 11.5 Å². The summed E-state index contributed by atoms with van der Waals surface area (Å²) in [5, 5.41) is 0. The Morgan fingerprint density at radius 3 is 2.82 bits per heavy atom. The summed E-state index contributed by atoms with van der Waals surface area (Å²) in [6.07, 6.45) is 6.15. The Labute approximate surface area is 69.3 Å². The van der Waals surface area contributed by atoms with Crippen LogP contribution in [0.4, 0.5) is 0 Å². The number of hydrogen-bond donors (Lipinski definition) is 2. The van der Waals surface area contributed by atoms with Crippen LogP contribution in [0.5, 0.6) is 0 Å². The van der Waals surface area contributed by atoms with Crippen molar-refractivity contribution in [1.82, 2.24) is 0 Å². The molecule has 0 aromatic carbocycles. The van der Waals surface area contributed by atoms with E-state index >= 15 is 0 Å². The minimum absolute atomic E-state index is 0.0288. The Morgan fingerprint density at radius 1 is 1.55 bits per heavy atom. The highest BCUT2D eigenvalue weighted by Crippen LogP contribution is 2.31. The first kappa shape index (κ1) is 9.01. The maximum atomic E-state index is 6.10. The molecule has 1 rings (SSSR count). The first-order valence-electron chi connectivity index (χ1n) is 4.69. The first-order chi connectivity index (χ1) is 5.20. The van der Waals surface area contributed by atoms with E-state index in [0.29, 0.717) is 6.54 Å². The molecular weight excluding hydrogens is 136 g/mol. The molecule has 0 amide bonds. The van der Waals surface area contributed by atoms with E-state index in [2.05, 4.69) is 6.92 Å². The normalized spacial score (nSPS) is 39.0. The van der Waals surface area contributed by atoms with Crippen LogP contribution >= 0.6 is 0 Å². The van der Waals surface area contributed by atoms with Crippen LogP contribution in [0.3, 0.4) is 0 Å². The molecule has 0 heterocycles. The SMILES string of the molecule is CCC1CCCC(N)(CN)C1. The number of hydrogen-bond acceptors (Lipinski definition) is 2. The molecular formula is C9H20N2. The highest BCUT2D eigenvalue weighted by Gasteiger charge is 2.30. The minimum Gasteiger partial charge on any atom is -0.329 e. The summed E-state index contributed by atoms with van der Waals surface area (Å²) in [5.74, 6) is 0.831. The molecule has 2 unspecified atom stereocenters. The Kier molecular flexibility index (Phi) is 2.90. The van der Waals surface area contributed by atoms with E-state index in [9.17, 15) is 0 Å². The fourth-order valence-electron chi connectivity index (χ4n) is 2.06. The number of nitrogens with two attached hydrogens (primary N) is 2. The standard InChI is InChI=1S/C9H20N2/c1-2-8-4-3-5-9(11,6-8)7-10/h8H,2-7,10-11H2,1H3. The second-order valence-corrected chi connectivity index (χ2v) is 3.94. The van der Waals surface area contributed by atoms with Crippen molar-refractivity contribution in [3.05, 3.63) is 0 Å². The van der Waals surface area contributed by atoms with Gasteiger partial charge in [0.1, 0.15) is 0 Å². The molecule has 2 atom stereocenters. The number of rotatable bonds is 2. The maximum absolute atomic E-state index is 6.10. The fraction of sp³-hybridized carbons (Fsp3) is 1.00. The lowest BCUT2D eigenvalue weighted by Crippen LogP contribution is -2.50. The molecule has 1 aliphatic rings. The van der Waals surface area contributed by atoms with Gasteiger partial charge in [0.05, 0.1) is 0 Å². The summed E-state index contributed by atoms with van der Waals surface area (Å²) in [5.41, 5.74) is 11.7. The predicted molar refractivity (Wildman–Crippen MR) is 48.2 cm³/mol. The lowest BCUT2D eigenvalue weighted by atomic mass is 9.75. The van der Waals surface area contributed by atoms with Crippen LogP contribution in [-0.4, -0.2) is 12.1 Å². The Morgan fingerprint density at radius 2 is 2.27 bits per heavy atom. The lowest BCUT2D eigenvalue weighted by molar-refractivity contribution is 0.226. The summed E-state index contributed by atoms with van der Waals surface area (Å²) < 4.78 is 0. The maximum Gasteiger partial charge on any atom is 0.0281 e. The molecule has 0 radical (unpaired) electrons. The van der Waals surface area contributed by atoms with Crippen molar-refractivity contribution in [3.63, 3.8) is 0 Å². The zero-order valence-electron chi connectivity index (χ0n) is 7.47. The van der Waals surface area contributed by atoms with Crippen LogP contribution in [0.2, 0.25) is 0 Å². The van der Waals surface area contributed by atoms with Gasteiger partial charge in [0.25, 0.3) is 0 Å². The highest BCUT2D eigenvalue weighted by molar-refractivity contribution is 4.90. The third-order valence-electron chi connectivity index (χ3n) is 2.97. The summed E-state index contributed by atoms with van der Waals surface area (Å²) in [6.45, 7) is 2.90. The third-order valence-corrected chi connectivity index (χ3v) is 2.97. The van der Waals surface area contributed by atoms with Gasteiger partial charge in [-0.2, -0.15) is 0 Å². The molecule has 66 valence electrons. The van der Waals surface area contributed by atoms with E-state index in [-0.39, 0.29) is 5.54 Å². The van der Waals surface area contributed by atoms with Gasteiger partial charge < -0.3 is 11.5 Å².